The van der Waals surface area contributed by atoms with Gasteiger partial charge in [-0.3, -0.25) is 10.2 Å². The van der Waals surface area contributed by atoms with Crippen LogP contribution < -0.4 is 15.8 Å². The Bertz CT molecular complexity index is 742. The van der Waals surface area contributed by atoms with Crippen LogP contribution in [0.15, 0.2) is 54.6 Å². The van der Waals surface area contributed by atoms with Crippen LogP contribution in [0.25, 0.3) is 11.1 Å². The Labute approximate surface area is 166 Å². The molecule has 3 rings (SSSR count). The van der Waals surface area contributed by atoms with Gasteiger partial charge in [0.15, 0.2) is 5.96 Å². The Hall–Kier alpha value is -2.53. The summed E-state index contributed by atoms with van der Waals surface area (Å²) in [6.07, 6.45) is 3.55. The van der Waals surface area contributed by atoms with Gasteiger partial charge in [0.05, 0.1) is 5.92 Å². The standard InChI is InChI=1S/C21H25N3O2.ClH/c22-21(23)24-14-15-6-8-18(9-7-15)20(25)26-19-12-10-17(11-13-19)16-4-2-1-3-5-16;/h1-5,10-13,15,18H,6-9,14H2,(H4,22,23,24);1H/t15-,18-;. The van der Waals surface area contributed by atoms with Crippen LogP contribution in [0.3, 0.4) is 0 Å². The van der Waals surface area contributed by atoms with E-state index in [0.29, 0.717) is 18.2 Å². The molecule has 0 radical (unpaired) electrons. The average molecular weight is 388 g/mol. The topological polar surface area (TPSA) is 88.2 Å². The molecule has 0 aromatic heterocycles. The Morgan fingerprint density at radius 2 is 1.59 bits per heavy atom. The highest BCUT2D eigenvalue weighted by Gasteiger charge is 2.27. The van der Waals surface area contributed by atoms with E-state index in [0.717, 1.165) is 36.8 Å². The summed E-state index contributed by atoms with van der Waals surface area (Å²) in [4.78, 5) is 12.4. The number of esters is 1. The molecule has 1 saturated carbocycles. The highest BCUT2D eigenvalue weighted by atomic mass is 35.5. The van der Waals surface area contributed by atoms with E-state index >= 15 is 0 Å². The summed E-state index contributed by atoms with van der Waals surface area (Å²) in [7, 11) is 0. The third kappa shape index (κ3) is 6.00. The summed E-state index contributed by atoms with van der Waals surface area (Å²) >= 11 is 0. The molecule has 0 atom stereocenters. The zero-order valence-electron chi connectivity index (χ0n) is 15.2. The van der Waals surface area contributed by atoms with E-state index in [2.05, 4.69) is 17.4 Å². The van der Waals surface area contributed by atoms with Crippen molar-refractivity contribution in [1.29, 1.82) is 5.41 Å². The van der Waals surface area contributed by atoms with Crippen LogP contribution in [0, 0.1) is 17.2 Å². The molecule has 0 unspecified atom stereocenters. The quantitative estimate of drug-likeness (QED) is 0.313. The van der Waals surface area contributed by atoms with Crippen molar-refractivity contribution in [3.63, 3.8) is 0 Å². The second-order valence-corrected chi connectivity index (χ2v) is 6.82. The number of ether oxygens (including phenoxy) is 1. The zero-order valence-corrected chi connectivity index (χ0v) is 16.0. The summed E-state index contributed by atoms with van der Waals surface area (Å²) in [5.41, 5.74) is 7.56. The van der Waals surface area contributed by atoms with E-state index in [1.165, 1.54) is 0 Å². The van der Waals surface area contributed by atoms with Crippen molar-refractivity contribution in [2.24, 2.45) is 17.6 Å². The second-order valence-electron chi connectivity index (χ2n) is 6.82. The van der Waals surface area contributed by atoms with Crippen LogP contribution in [0.1, 0.15) is 25.7 Å². The van der Waals surface area contributed by atoms with Gasteiger partial charge >= 0.3 is 5.97 Å². The summed E-state index contributed by atoms with van der Waals surface area (Å²) < 4.78 is 5.57. The molecule has 0 bridgehead atoms. The Kier molecular flexibility index (Phi) is 7.67. The van der Waals surface area contributed by atoms with E-state index < -0.39 is 0 Å². The van der Waals surface area contributed by atoms with Crippen molar-refractivity contribution in [3.8, 4) is 16.9 Å². The number of carbonyl (C=O) groups is 1. The van der Waals surface area contributed by atoms with Crippen LogP contribution in [0.5, 0.6) is 5.75 Å². The molecule has 0 saturated heterocycles. The maximum absolute atomic E-state index is 12.4. The van der Waals surface area contributed by atoms with Crippen LogP contribution in [0.2, 0.25) is 0 Å². The minimum atomic E-state index is -0.143. The maximum Gasteiger partial charge on any atom is 0.314 e. The van der Waals surface area contributed by atoms with Gasteiger partial charge < -0.3 is 15.8 Å². The van der Waals surface area contributed by atoms with E-state index in [-0.39, 0.29) is 30.3 Å². The van der Waals surface area contributed by atoms with E-state index in [9.17, 15) is 4.79 Å². The third-order valence-corrected chi connectivity index (χ3v) is 4.94. The lowest BCUT2D eigenvalue weighted by atomic mass is 9.82. The number of hydrogen-bond donors (Lipinski definition) is 3. The molecule has 2 aromatic rings. The fraction of sp³-hybridized carbons (Fsp3) is 0.333. The van der Waals surface area contributed by atoms with E-state index in [4.69, 9.17) is 15.9 Å². The molecule has 5 nitrogen and oxygen atoms in total. The number of nitrogens with two attached hydrogens (primary N) is 1. The summed E-state index contributed by atoms with van der Waals surface area (Å²) in [5, 5.41) is 10.1. The lowest BCUT2D eigenvalue weighted by Gasteiger charge is -2.27. The van der Waals surface area contributed by atoms with Crippen molar-refractivity contribution in [2.75, 3.05) is 6.54 Å². The highest BCUT2D eigenvalue weighted by Crippen LogP contribution is 2.30. The fourth-order valence-corrected chi connectivity index (χ4v) is 3.40. The van der Waals surface area contributed by atoms with Crippen molar-refractivity contribution < 1.29 is 9.53 Å². The minimum absolute atomic E-state index is 0. The molecule has 0 spiro atoms. The normalized spacial score (nSPS) is 18.8. The Morgan fingerprint density at radius 1 is 1.00 bits per heavy atom. The van der Waals surface area contributed by atoms with Gasteiger partial charge in [-0.15, -0.1) is 12.4 Å². The maximum atomic E-state index is 12.4. The molecule has 0 amide bonds. The van der Waals surface area contributed by atoms with Crippen molar-refractivity contribution >= 4 is 24.3 Å². The van der Waals surface area contributed by atoms with Crippen LogP contribution in [0.4, 0.5) is 0 Å². The first-order chi connectivity index (χ1) is 12.6. The first kappa shape index (κ1) is 20.8. The Balaban J connectivity index is 0.00000261. The minimum Gasteiger partial charge on any atom is -0.426 e. The molecule has 144 valence electrons. The van der Waals surface area contributed by atoms with Gasteiger partial charge in [-0.2, -0.15) is 0 Å². The van der Waals surface area contributed by atoms with Crippen LogP contribution in [-0.4, -0.2) is 18.5 Å². The molecular formula is C21H26ClN3O2. The molecular weight excluding hydrogens is 362 g/mol. The lowest BCUT2D eigenvalue weighted by Crippen LogP contribution is -2.36. The molecule has 27 heavy (non-hydrogen) atoms. The number of rotatable bonds is 5. The third-order valence-electron chi connectivity index (χ3n) is 4.94. The van der Waals surface area contributed by atoms with Gasteiger partial charge in [-0.25, -0.2) is 0 Å². The van der Waals surface area contributed by atoms with Gasteiger partial charge in [-0.05, 0) is 54.9 Å². The van der Waals surface area contributed by atoms with Gasteiger partial charge in [0.25, 0.3) is 0 Å². The molecule has 1 fully saturated rings. The summed E-state index contributed by atoms with van der Waals surface area (Å²) in [6, 6.07) is 17.8. The van der Waals surface area contributed by atoms with Crippen LogP contribution in [-0.2, 0) is 4.79 Å². The van der Waals surface area contributed by atoms with Crippen molar-refractivity contribution in [1.82, 2.24) is 5.32 Å². The summed E-state index contributed by atoms with van der Waals surface area (Å²) in [5.74, 6) is 0.876. The number of guanidine groups is 1. The molecule has 0 heterocycles. The number of carbonyl (C=O) groups excluding carboxylic acids is 1. The predicted molar refractivity (Wildman–Crippen MR) is 110 cm³/mol. The van der Waals surface area contributed by atoms with Crippen molar-refractivity contribution in [3.05, 3.63) is 54.6 Å². The van der Waals surface area contributed by atoms with Crippen LogP contribution >= 0.6 is 12.4 Å². The van der Waals surface area contributed by atoms with E-state index in [1.807, 2.05) is 42.5 Å². The first-order valence-corrected chi connectivity index (χ1v) is 9.07. The number of nitrogens with one attached hydrogen (secondary N) is 2. The average Bonchev–Trinajstić information content (AvgIpc) is 2.68. The van der Waals surface area contributed by atoms with Gasteiger partial charge in [0.2, 0.25) is 0 Å². The smallest absolute Gasteiger partial charge is 0.314 e. The highest BCUT2D eigenvalue weighted by molar-refractivity contribution is 5.85. The number of benzene rings is 2. The molecule has 4 N–H and O–H groups in total. The van der Waals surface area contributed by atoms with Gasteiger partial charge in [0.1, 0.15) is 5.75 Å². The summed E-state index contributed by atoms with van der Waals surface area (Å²) in [6.45, 7) is 0.706. The zero-order chi connectivity index (χ0) is 18.4. The largest absolute Gasteiger partial charge is 0.426 e. The molecule has 2 aromatic carbocycles. The molecule has 1 aliphatic rings. The number of halogens is 1. The Morgan fingerprint density at radius 3 is 2.19 bits per heavy atom. The SMILES string of the molecule is Cl.N=C(N)NC[C@H]1CC[C@H](C(=O)Oc2ccc(-c3ccccc3)cc2)CC1. The van der Waals surface area contributed by atoms with Crippen molar-refractivity contribution in [2.45, 2.75) is 25.7 Å². The first-order valence-electron chi connectivity index (χ1n) is 9.07. The fourth-order valence-electron chi connectivity index (χ4n) is 3.40. The second kappa shape index (κ2) is 9.97. The lowest BCUT2D eigenvalue weighted by molar-refractivity contribution is -0.140. The monoisotopic (exact) mass is 387 g/mol. The molecule has 6 heteroatoms. The molecule has 1 aliphatic carbocycles. The van der Waals surface area contributed by atoms with Gasteiger partial charge in [0, 0.05) is 6.54 Å². The van der Waals surface area contributed by atoms with E-state index in [1.54, 1.807) is 0 Å². The van der Waals surface area contributed by atoms with Gasteiger partial charge in [-0.1, -0.05) is 42.5 Å². The predicted octanol–water partition coefficient (Wildman–Crippen LogP) is 3.97. The number of hydrogen-bond acceptors (Lipinski definition) is 3. The molecule has 0 aliphatic heterocycles.